The number of hydrogen-bond donors (Lipinski definition) is 2. The van der Waals surface area contributed by atoms with Crippen LogP contribution in [0.1, 0.15) is 23.9 Å². The maximum Gasteiger partial charge on any atom is 0.341 e. The number of aryl methyl sites for hydroxylation is 1. The second kappa shape index (κ2) is 8.67. The number of nitrogens with zero attached hydrogens (tertiary/aromatic N) is 2. The monoisotopic (exact) mass is 411 g/mol. The van der Waals surface area contributed by atoms with Crippen LogP contribution in [0.25, 0.3) is 22.7 Å². The average molecular weight is 412 g/mol. The van der Waals surface area contributed by atoms with E-state index in [9.17, 15) is 10.1 Å². The van der Waals surface area contributed by atoms with Gasteiger partial charge in [0.05, 0.1) is 28.2 Å². The summed E-state index contributed by atoms with van der Waals surface area (Å²) in [5.74, 6) is -0.247. The number of benzene rings is 2. The minimum atomic E-state index is -1.13. The summed E-state index contributed by atoms with van der Waals surface area (Å²) in [7, 11) is 0. The molecule has 3 aromatic rings. The summed E-state index contributed by atoms with van der Waals surface area (Å²) in [6.45, 7) is 3.55. The molecule has 0 aliphatic heterocycles. The molecule has 1 heterocycles. The standard InChI is InChI=1S/C21H18ClN3O4/c1-3-28-18-9-13(8-15(22)20(18)29-11-19(26)27)7-14(10-23)21-24-16-5-4-12(2)6-17(16)25-21/h4-9H,3,11H2,1-2H3,(H,24,25)(H,26,27). The van der Waals surface area contributed by atoms with Crippen molar-refractivity contribution in [3.8, 4) is 17.6 Å². The first-order valence-corrected chi connectivity index (χ1v) is 9.18. The molecule has 0 aliphatic carbocycles. The van der Waals surface area contributed by atoms with E-state index in [1.54, 1.807) is 25.1 Å². The number of aromatic nitrogens is 2. The van der Waals surface area contributed by atoms with Crippen LogP contribution >= 0.6 is 11.6 Å². The van der Waals surface area contributed by atoms with Crippen molar-refractivity contribution in [1.29, 1.82) is 5.26 Å². The van der Waals surface area contributed by atoms with Crippen LogP contribution in [0.4, 0.5) is 0 Å². The lowest BCUT2D eigenvalue weighted by Gasteiger charge is -2.13. The van der Waals surface area contributed by atoms with Crippen LogP contribution < -0.4 is 9.47 Å². The van der Waals surface area contributed by atoms with E-state index in [0.717, 1.165) is 16.6 Å². The number of aliphatic carboxylic acids is 1. The lowest BCUT2D eigenvalue weighted by molar-refractivity contribution is -0.139. The van der Waals surface area contributed by atoms with Crippen molar-refractivity contribution in [3.63, 3.8) is 0 Å². The van der Waals surface area contributed by atoms with Gasteiger partial charge in [0.1, 0.15) is 11.9 Å². The summed E-state index contributed by atoms with van der Waals surface area (Å²) in [6, 6.07) is 11.1. The van der Waals surface area contributed by atoms with Gasteiger partial charge in [-0.2, -0.15) is 5.26 Å². The Labute approximate surface area is 172 Å². The maximum atomic E-state index is 10.8. The first-order chi connectivity index (χ1) is 13.9. The van der Waals surface area contributed by atoms with Crippen LogP contribution in [-0.2, 0) is 4.79 Å². The Morgan fingerprint density at radius 3 is 2.83 bits per heavy atom. The summed E-state index contributed by atoms with van der Waals surface area (Å²) in [5.41, 5.74) is 3.59. The number of hydrogen-bond acceptors (Lipinski definition) is 5. The van der Waals surface area contributed by atoms with Gasteiger partial charge in [-0.3, -0.25) is 0 Å². The van der Waals surface area contributed by atoms with Crippen molar-refractivity contribution >= 4 is 40.3 Å². The van der Waals surface area contributed by atoms with Crippen molar-refractivity contribution in [2.24, 2.45) is 0 Å². The molecule has 148 valence electrons. The number of carboxylic acids is 1. The first kappa shape index (κ1) is 20.2. The van der Waals surface area contributed by atoms with Gasteiger partial charge in [0.15, 0.2) is 18.1 Å². The average Bonchev–Trinajstić information content (AvgIpc) is 3.08. The van der Waals surface area contributed by atoms with Crippen LogP contribution in [0, 0.1) is 18.3 Å². The Morgan fingerprint density at radius 1 is 1.34 bits per heavy atom. The Balaban J connectivity index is 2.01. The lowest BCUT2D eigenvalue weighted by atomic mass is 10.1. The quantitative estimate of drug-likeness (QED) is 0.556. The van der Waals surface area contributed by atoms with E-state index >= 15 is 0 Å². The largest absolute Gasteiger partial charge is 0.490 e. The Kier molecular flexibility index (Phi) is 6.05. The number of carbonyl (C=O) groups is 1. The molecule has 0 spiro atoms. The number of nitriles is 1. The molecular formula is C21H18ClN3O4. The second-order valence-electron chi connectivity index (χ2n) is 6.22. The Bertz CT molecular complexity index is 1140. The lowest BCUT2D eigenvalue weighted by Crippen LogP contribution is -2.10. The van der Waals surface area contributed by atoms with E-state index < -0.39 is 12.6 Å². The molecule has 0 aliphatic rings. The van der Waals surface area contributed by atoms with E-state index in [4.69, 9.17) is 26.2 Å². The molecule has 1 aromatic heterocycles. The van der Waals surface area contributed by atoms with E-state index in [-0.39, 0.29) is 10.8 Å². The van der Waals surface area contributed by atoms with Crippen molar-refractivity contribution in [2.45, 2.75) is 13.8 Å². The highest BCUT2D eigenvalue weighted by Gasteiger charge is 2.15. The van der Waals surface area contributed by atoms with Crippen molar-refractivity contribution in [1.82, 2.24) is 9.97 Å². The van der Waals surface area contributed by atoms with E-state index in [2.05, 4.69) is 16.0 Å². The van der Waals surface area contributed by atoms with Gasteiger partial charge in [0, 0.05) is 0 Å². The number of nitrogens with one attached hydrogen (secondary N) is 1. The summed E-state index contributed by atoms with van der Waals surface area (Å²) >= 11 is 6.27. The summed E-state index contributed by atoms with van der Waals surface area (Å²) in [5, 5.41) is 18.6. The number of ether oxygens (including phenoxy) is 2. The normalized spacial score (nSPS) is 11.3. The van der Waals surface area contributed by atoms with Gasteiger partial charge in [-0.1, -0.05) is 17.7 Å². The zero-order valence-electron chi connectivity index (χ0n) is 15.8. The van der Waals surface area contributed by atoms with Crippen LogP contribution in [0.2, 0.25) is 5.02 Å². The third kappa shape index (κ3) is 4.68. The van der Waals surface area contributed by atoms with Gasteiger partial charge in [0.2, 0.25) is 0 Å². The number of aromatic amines is 1. The molecule has 0 amide bonds. The second-order valence-corrected chi connectivity index (χ2v) is 6.63. The number of H-pyrrole nitrogens is 1. The fourth-order valence-corrected chi connectivity index (χ4v) is 3.05. The van der Waals surface area contributed by atoms with Crippen LogP contribution in [-0.4, -0.2) is 34.3 Å². The summed E-state index contributed by atoms with van der Waals surface area (Å²) in [4.78, 5) is 18.4. The third-order valence-corrected chi connectivity index (χ3v) is 4.28. The molecule has 0 saturated carbocycles. The zero-order valence-corrected chi connectivity index (χ0v) is 16.6. The number of allylic oxidation sites excluding steroid dienone is 1. The maximum absolute atomic E-state index is 10.8. The van der Waals surface area contributed by atoms with E-state index in [1.807, 2.05) is 25.1 Å². The molecule has 0 fully saturated rings. The van der Waals surface area contributed by atoms with E-state index in [1.165, 1.54) is 0 Å². The van der Waals surface area contributed by atoms with Crippen molar-refractivity contribution in [3.05, 3.63) is 52.3 Å². The van der Waals surface area contributed by atoms with Gasteiger partial charge < -0.3 is 19.6 Å². The highest BCUT2D eigenvalue weighted by molar-refractivity contribution is 6.32. The minimum Gasteiger partial charge on any atom is -0.490 e. The topological polar surface area (TPSA) is 108 Å². The van der Waals surface area contributed by atoms with Crippen LogP contribution in [0.3, 0.4) is 0 Å². The number of rotatable bonds is 7. The Hall–Kier alpha value is -3.50. The molecular weight excluding hydrogens is 394 g/mol. The van der Waals surface area contributed by atoms with Gasteiger partial charge in [-0.15, -0.1) is 0 Å². The smallest absolute Gasteiger partial charge is 0.341 e. The van der Waals surface area contributed by atoms with Crippen molar-refractivity contribution in [2.75, 3.05) is 13.2 Å². The molecule has 29 heavy (non-hydrogen) atoms. The van der Waals surface area contributed by atoms with Gasteiger partial charge in [0.25, 0.3) is 0 Å². The predicted molar refractivity (Wildman–Crippen MR) is 110 cm³/mol. The molecule has 8 heteroatoms. The molecule has 7 nitrogen and oxygen atoms in total. The fraction of sp³-hybridized carbons (Fsp3) is 0.190. The van der Waals surface area contributed by atoms with Crippen molar-refractivity contribution < 1.29 is 19.4 Å². The van der Waals surface area contributed by atoms with Crippen LogP contribution in [0.15, 0.2) is 30.3 Å². The van der Waals surface area contributed by atoms with Gasteiger partial charge in [-0.05, 0) is 55.3 Å². The molecule has 2 N–H and O–H groups in total. The minimum absolute atomic E-state index is 0.144. The molecule has 0 unspecified atom stereocenters. The number of carboxylic acid groups (broad SMARTS) is 1. The fourth-order valence-electron chi connectivity index (χ4n) is 2.78. The molecule has 0 bridgehead atoms. The highest BCUT2D eigenvalue weighted by atomic mass is 35.5. The highest BCUT2D eigenvalue weighted by Crippen LogP contribution is 2.37. The molecule has 0 radical (unpaired) electrons. The molecule has 0 atom stereocenters. The summed E-state index contributed by atoms with van der Waals surface area (Å²) < 4.78 is 10.8. The number of halogens is 1. The Morgan fingerprint density at radius 2 is 2.14 bits per heavy atom. The van der Waals surface area contributed by atoms with Gasteiger partial charge >= 0.3 is 5.97 Å². The predicted octanol–water partition coefficient (Wildman–Crippen LogP) is 4.45. The first-order valence-electron chi connectivity index (χ1n) is 8.80. The molecule has 3 rings (SSSR count). The van der Waals surface area contributed by atoms with Gasteiger partial charge in [-0.25, -0.2) is 9.78 Å². The number of fused-ring (bicyclic) bond motifs is 1. The van der Waals surface area contributed by atoms with E-state index in [0.29, 0.717) is 29.3 Å². The third-order valence-electron chi connectivity index (χ3n) is 4.00. The van der Waals surface area contributed by atoms with Crippen LogP contribution in [0.5, 0.6) is 11.5 Å². The molecule has 2 aromatic carbocycles. The number of imidazole rings is 1. The molecule has 0 saturated heterocycles. The zero-order chi connectivity index (χ0) is 21.0. The SMILES string of the molecule is CCOc1cc(C=C(C#N)c2nc3ccc(C)cc3[nH]2)cc(Cl)c1OCC(=O)O. The summed E-state index contributed by atoms with van der Waals surface area (Å²) in [6.07, 6.45) is 1.62.